The van der Waals surface area contributed by atoms with Crippen LogP contribution in [0, 0.1) is 19.1 Å². The van der Waals surface area contributed by atoms with Gasteiger partial charge < -0.3 is 15.3 Å². The molecule has 46 heavy (non-hydrogen) atoms. The molecule has 8 aromatic rings. The Morgan fingerprint density at radius 3 is 2.11 bits per heavy atom. The zero-order valence-corrected chi connectivity index (χ0v) is 28.1. The third-order valence-electron chi connectivity index (χ3n) is 8.25. The molecule has 0 saturated carbocycles. The van der Waals surface area contributed by atoms with Crippen molar-refractivity contribution in [3.63, 3.8) is 0 Å². The minimum atomic E-state index is 0. The standard InChI is InChI=1S/C30H19N2S.C11H8N.Ir/c1-18-20-8-6-9-21(18)29-27(15-13-23-22-7-2-3-11-28(22)33-30(23)29)32-26-14-12-19(17-24(20)26)25-10-4-5-16-31-25;1-2-6-10(7-3-1)11-8-4-5-9-12-11;/h2-11,13-17,32H,1H3;1-6,8-9H;/q2*-1;. The summed E-state index contributed by atoms with van der Waals surface area (Å²) in [7, 11) is 0. The molecular weight excluding hydrogens is 759 g/mol. The second-order valence-corrected chi connectivity index (χ2v) is 12.0. The van der Waals surface area contributed by atoms with Gasteiger partial charge in [-0.15, -0.1) is 71.0 Å². The van der Waals surface area contributed by atoms with E-state index in [-0.39, 0.29) is 20.1 Å². The number of pyridine rings is 2. The van der Waals surface area contributed by atoms with E-state index in [9.17, 15) is 0 Å². The van der Waals surface area contributed by atoms with E-state index in [1.54, 1.807) is 6.20 Å². The molecular formula is C41H27IrN3S-2. The van der Waals surface area contributed by atoms with Gasteiger partial charge in [-0.25, -0.2) is 0 Å². The number of rotatable bonds is 2. The molecule has 0 saturated heterocycles. The van der Waals surface area contributed by atoms with Crippen LogP contribution in [0.3, 0.4) is 0 Å². The molecule has 223 valence electrons. The summed E-state index contributed by atoms with van der Waals surface area (Å²) in [5.74, 6) is 0. The molecule has 0 amide bonds. The molecule has 1 aliphatic rings. The maximum atomic E-state index is 4.53. The Morgan fingerprint density at radius 2 is 1.35 bits per heavy atom. The van der Waals surface area contributed by atoms with E-state index >= 15 is 0 Å². The molecule has 4 heterocycles. The molecule has 5 heteroatoms. The van der Waals surface area contributed by atoms with Crippen LogP contribution in [0.1, 0.15) is 5.56 Å². The zero-order valence-electron chi connectivity index (χ0n) is 24.9. The van der Waals surface area contributed by atoms with Crippen molar-refractivity contribution in [3.05, 3.63) is 157 Å². The third kappa shape index (κ3) is 5.43. The largest absolute Gasteiger partial charge is 0.394 e. The van der Waals surface area contributed by atoms with E-state index < -0.39 is 0 Å². The topological polar surface area (TPSA) is 37.8 Å². The van der Waals surface area contributed by atoms with Gasteiger partial charge in [0.2, 0.25) is 0 Å². The number of aromatic nitrogens is 2. The molecule has 2 bridgehead atoms. The minimum Gasteiger partial charge on any atom is -0.394 e. The quantitative estimate of drug-likeness (QED) is 0.177. The molecule has 0 aliphatic carbocycles. The molecule has 1 N–H and O–H groups in total. The van der Waals surface area contributed by atoms with E-state index in [2.05, 4.69) is 101 Å². The first-order valence-corrected chi connectivity index (χ1v) is 15.7. The van der Waals surface area contributed by atoms with Gasteiger partial charge in [0.15, 0.2) is 0 Å². The number of fused-ring (bicyclic) bond motifs is 10. The van der Waals surface area contributed by atoms with Gasteiger partial charge in [-0.2, -0.15) is 0 Å². The van der Waals surface area contributed by atoms with Crippen molar-refractivity contribution < 1.29 is 20.1 Å². The van der Waals surface area contributed by atoms with Crippen molar-refractivity contribution >= 4 is 42.9 Å². The van der Waals surface area contributed by atoms with Crippen LogP contribution in [0.4, 0.5) is 11.4 Å². The van der Waals surface area contributed by atoms with Gasteiger partial charge in [-0.1, -0.05) is 72.3 Å². The molecule has 5 aromatic carbocycles. The Balaban J connectivity index is 0.000000220. The summed E-state index contributed by atoms with van der Waals surface area (Å²) >= 11 is 1.88. The monoisotopic (exact) mass is 786 g/mol. The number of nitrogens with one attached hydrogen (secondary N) is 1. The van der Waals surface area contributed by atoms with Gasteiger partial charge in [0, 0.05) is 63.9 Å². The second-order valence-electron chi connectivity index (χ2n) is 10.9. The Hall–Kier alpha value is -4.93. The van der Waals surface area contributed by atoms with Crippen molar-refractivity contribution in [3.8, 4) is 44.8 Å². The van der Waals surface area contributed by atoms with Gasteiger partial charge in [0.05, 0.1) is 0 Å². The molecule has 3 nitrogen and oxygen atoms in total. The fourth-order valence-corrected chi connectivity index (χ4v) is 7.33. The first-order chi connectivity index (χ1) is 22.2. The van der Waals surface area contributed by atoms with Gasteiger partial charge in [0.25, 0.3) is 0 Å². The van der Waals surface area contributed by atoms with E-state index in [0.29, 0.717) is 0 Å². The Kier molecular flexibility index (Phi) is 8.30. The molecule has 0 spiro atoms. The van der Waals surface area contributed by atoms with Crippen LogP contribution < -0.4 is 5.32 Å². The summed E-state index contributed by atoms with van der Waals surface area (Å²) < 4.78 is 2.66. The fraction of sp³-hybridized carbons (Fsp3) is 0.0244. The third-order valence-corrected chi connectivity index (χ3v) is 9.46. The smallest absolute Gasteiger partial charge is 0.0454 e. The Bertz CT molecular complexity index is 2260. The maximum Gasteiger partial charge on any atom is 0.0454 e. The van der Waals surface area contributed by atoms with E-state index in [1.807, 2.05) is 78.2 Å². The zero-order chi connectivity index (χ0) is 30.2. The van der Waals surface area contributed by atoms with Crippen LogP contribution in [0.25, 0.3) is 64.9 Å². The predicted octanol–water partition coefficient (Wildman–Crippen LogP) is 11.2. The van der Waals surface area contributed by atoms with Crippen LogP contribution in [0.5, 0.6) is 0 Å². The van der Waals surface area contributed by atoms with Crippen LogP contribution in [0.2, 0.25) is 0 Å². The van der Waals surface area contributed by atoms with Crippen molar-refractivity contribution in [2.75, 3.05) is 5.32 Å². The number of hydrogen-bond donors (Lipinski definition) is 1. The summed E-state index contributed by atoms with van der Waals surface area (Å²) in [5, 5.41) is 6.40. The molecule has 0 unspecified atom stereocenters. The Labute approximate surface area is 286 Å². The van der Waals surface area contributed by atoms with Crippen molar-refractivity contribution in [1.82, 2.24) is 9.97 Å². The second kappa shape index (κ2) is 12.8. The maximum absolute atomic E-state index is 4.53. The number of anilines is 2. The first kappa shape index (κ1) is 29.8. The molecule has 9 rings (SSSR count). The average molecular weight is 786 g/mol. The normalized spacial score (nSPS) is 11.2. The van der Waals surface area contributed by atoms with Gasteiger partial charge in [-0.05, 0) is 65.0 Å². The molecule has 0 atom stereocenters. The first-order valence-electron chi connectivity index (χ1n) is 14.9. The summed E-state index contributed by atoms with van der Waals surface area (Å²) in [6, 6.07) is 50.4. The van der Waals surface area contributed by atoms with Crippen LogP contribution in [0.15, 0.2) is 140 Å². The number of thiophene rings is 1. The van der Waals surface area contributed by atoms with Crippen molar-refractivity contribution in [2.45, 2.75) is 6.92 Å². The summed E-state index contributed by atoms with van der Waals surface area (Å²) in [4.78, 5) is 8.75. The predicted molar refractivity (Wildman–Crippen MR) is 189 cm³/mol. The van der Waals surface area contributed by atoms with Gasteiger partial charge in [-0.3, -0.25) is 0 Å². The molecule has 0 fully saturated rings. The van der Waals surface area contributed by atoms with E-state index in [4.69, 9.17) is 0 Å². The average Bonchev–Trinajstić information content (AvgIpc) is 3.49. The molecule has 1 radical (unpaired) electrons. The van der Waals surface area contributed by atoms with Crippen LogP contribution in [-0.2, 0) is 20.1 Å². The van der Waals surface area contributed by atoms with Crippen LogP contribution >= 0.6 is 11.3 Å². The van der Waals surface area contributed by atoms with Gasteiger partial charge in [0.1, 0.15) is 0 Å². The number of benzene rings is 5. The van der Waals surface area contributed by atoms with Crippen molar-refractivity contribution in [1.29, 1.82) is 0 Å². The van der Waals surface area contributed by atoms with Gasteiger partial charge >= 0.3 is 0 Å². The number of nitrogens with zero attached hydrogens (tertiary/aromatic N) is 2. The molecule has 1 aliphatic heterocycles. The van der Waals surface area contributed by atoms with E-state index in [0.717, 1.165) is 33.9 Å². The summed E-state index contributed by atoms with van der Waals surface area (Å²) in [5.41, 5.74) is 12.4. The number of hydrogen-bond acceptors (Lipinski definition) is 4. The fourth-order valence-electron chi connectivity index (χ4n) is 6.07. The Morgan fingerprint density at radius 1 is 0.609 bits per heavy atom. The SMILES string of the molecule is Cc1c2cccc1-c1c(ccc3c1sc1ccccc13)Nc1c[c-]c(-c3ccccn3)cc1-2.[Ir].[c-]1ccccc1-c1ccccn1. The summed E-state index contributed by atoms with van der Waals surface area (Å²) in [6.07, 6.45) is 3.62. The van der Waals surface area contributed by atoms with Crippen LogP contribution in [-0.4, -0.2) is 9.97 Å². The minimum absolute atomic E-state index is 0. The molecule has 3 aromatic heterocycles. The van der Waals surface area contributed by atoms with Crippen molar-refractivity contribution in [2.24, 2.45) is 0 Å². The summed E-state index contributed by atoms with van der Waals surface area (Å²) in [6.45, 7) is 2.24. The van der Waals surface area contributed by atoms with E-state index in [1.165, 1.54) is 48.0 Å².